The molecule has 22 heavy (non-hydrogen) atoms. The fourth-order valence-electron chi connectivity index (χ4n) is 2.20. The summed E-state index contributed by atoms with van der Waals surface area (Å²) >= 11 is 1.46. The molecule has 0 bridgehead atoms. The van der Waals surface area contributed by atoms with Gasteiger partial charge in [0.05, 0.1) is 10.2 Å². The van der Waals surface area contributed by atoms with Crippen molar-refractivity contribution in [3.63, 3.8) is 0 Å². The highest BCUT2D eigenvalue weighted by atomic mass is 32.1. The number of aliphatic carboxylic acids is 1. The van der Waals surface area contributed by atoms with Gasteiger partial charge in [0.1, 0.15) is 6.04 Å². The maximum Gasteiger partial charge on any atom is 0.326 e. The predicted molar refractivity (Wildman–Crippen MR) is 87.3 cm³/mol. The first-order chi connectivity index (χ1) is 10.6. The van der Waals surface area contributed by atoms with Crippen molar-refractivity contribution in [1.82, 2.24) is 9.97 Å². The molecule has 0 saturated heterocycles. The van der Waals surface area contributed by atoms with Gasteiger partial charge in [0.2, 0.25) is 0 Å². The van der Waals surface area contributed by atoms with Crippen LogP contribution in [-0.2, 0) is 11.2 Å². The molecule has 2 N–H and O–H groups in total. The number of carbonyl (C=O) groups is 1. The molecular weight excluding hydrogens is 298 g/mol. The van der Waals surface area contributed by atoms with E-state index in [4.69, 9.17) is 0 Å². The summed E-state index contributed by atoms with van der Waals surface area (Å²) in [5, 5.41) is 13.1. The van der Waals surface area contributed by atoms with E-state index in [0.717, 1.165) is 21.3 Å². The SMILES string of the molecule is Cc1ccc2sc(NC(Cc3ccncc3)C(=O)O)nc2c1. The number of carboxylic acids is 1. The van der Waals surface area contributed by atoms with Crippen LogP contribution in [0.4, 0.5) is 5.13 Å². The molecule has 1 atom stereocenters. The van der Waals surface area contributed by atoms with Gasteiger partial charge in [0.15, 0.2) is 5.13 Å². The molecular formula is C16H15N3O2S. The van der Waals surface area contributed by atoms with Crippen molar-refractivity contribution in [1.29, 1.82) is 0 Å². The Bertz CT molecular complexity index is 802. The molecule has 112 valence electrons. The third-order valence-corrected chi connectivity index (χ3v) is 4.30. The summed E-state index contributed by atoms with van der Waals surface area (Å²) < 4.78 is 1.04. The second-order valence-corrected chi connectivity index (χ2v) is 6.12. The number of rotatable bonds is 5. The van der Waals surface area contributed by atoms with Crippen molar-refractivity contribution in [3.8, 4) is 0 Å². The molecule has 3 aromatic rings. The summed E-state index contributed by atoms with van der Waals surface area (Å²) in [4.78, 5) is 19.9. The molecule has 1 aromatic carbocycles. The molecule has 6 heteroatoms. The minimum absolute atomic E-state index is 0.382. The van der Waals surface area contributed by atoms with E-state index in [9.17, 15) is 9.90 Å². The first-order valence-electron chi connectivity index (χ1n) is 6.87. The van der Waals surface area contributed by atoms with E-state index in [0.29, 0.717) is 11.6 Å². The minimum atomic E-state index is -0.896. The van der Waals surface area contributed by atoms with Gasteiger partial charge < -0.3 is 10.4 Å². The zero-order valence-electron chi connectivity index (χ0n) is 12.0. The molecule has 0 fully saturated rings. The van der Waals surface area contributed by atoms with E-state index in [1.165, 1.54) is 11.3 Å². The number of hydrogen-bond donors (Lipinski definition) is 2. The van der Waals surface area contributed by atoms with Gasteiger partial charge in [-0.2, -0.15) is 0 Å². The fraction of sp³-hybridized carbons (Fsp3) is 0.188. The maximum absolute atomic E-state index is 11.5. The lowest BCUT2D eigenvalue weighted by atomic mass is 10.1. The third-order valence-electron chi connectivity index (χ3n) is 3.33. The van der Waals surface area contributed by atoms with Gasteiger partial charge in [-0.3, -0.25) is 4.98 Å². The van der Waals surface area contributed by atoms with Gasteiger partial charge in [0, 0.05) is 18.8 Å². The van der Waals surface area contributed by atoms with E-state index in [2.05, 4.69) is 15.3 Å². The molecule has 0 aliphatic rings. The summed E-state index contributed by atoms with van der Waals surface area (Å²) in [6, 6.07) is 8.94. The van der Waals surface area contributed by atoms with Crippen molar-refractivity contribution in [2.24, 2.45) is 0 Å². The first kappa shape index (κ1) is 14.5. The summed E-state index contributed by atoms with van der Waals surface area (Å²) in [6.07, 6.45) is 3.70. The number of hydrogen-bond acceptors (Lipinski definition) is 5. The average Bonchev–Trinajstić information content (AvgIpc) is 2.89. The van der Waals surface area contributed by atoms with Crippen LogP contribution in [0.5, 0.6) is 0 Å². The van der Waals surface area contributed by atoms with E-state index in [1.54, 1.807) is 12.4 Å². The molecule has 3 rings (SSSR count). The van der Waals surface area contributed by atoms with Crippen molar-refractivity contribution >= 4 is 32.7 Å². The molecule has 0 amide bonds. The van der Waals surface area contributed by atoms with Crippen LogP contribution in [0.2, 0.25) is 0 Å². The van der Waals surface area contributed by atoms with Crippen LogP contribution in [-0.4, -0.2) is 27.1 Å². The number of nitrogens with one attached hydrogen (secondary N) is 1. The molecule has 2 aromatic heterocycles. The van der Waals surface area contributed by atoms with Crippen molar-refractivity contribution in [3.05, 3.63) is 53.9 Å². The van der Waals surface area contributed by atoms with Gasteiger partial charge in [0.25, 0.3) is 0 Å². The molecule has 2 heterocycles. The molecule has 0 saturated carbocycles. The van der Waals surface area contributed by atoms with Crippen molar-refractivity contribution < 1.29 is 9.90 Å². The predicted octanol–water partition coefficient (Wildman–Crippen LogP) is 3.11. The third kappa shape index (κ3) is 3.23. The second kappa shape index (κ2) is 6.11. The van der Waals surface area contributed by atoms with E-state index in [1.807, 2.05) is 37.3 Å². The van der Waals surface area contributed by atoms with Crippen LogP contribution in [0.25, 0.3) is 10.2 Å². The zero-order valence-corrected chi connectivity index (χ0v) is 12.8. The highest BCUT2D eigenvalue weighted by molar-refractivity contribution is 7.22. The largest absolute Gasteiger partial charge is 0.480 e. The first-order valence-corrected chi connectivity index (χ1v) is 7.69. The van der Waals surface area contributed by atoms with Gasteiger partial charge in [-0.1, -0.05) is 17.4 Å². The van der Waals surface area contributed by atoms with Crippen molar-refractivity contribution in [2.45, 2.75) is 19.4 Å². The second-order valence-electron chi connectivity index (χ2n) is 5.08. The number of pyridine rings is 1. The number of carboxylic acid groups (broad SMARTS) is 1. The number of nitrogens with zero attached hydrogens (tertiary/aromatic N) is 2. The molecule has 0 radical (unpaired) electrons. The summed E-state index contributed by atoms with van der Waals surface area (Å²) in [7, 11) is 0. The molecule has 0 aliphatic carbocycles. The Morgan fingerprint density at radius 1 is 1.32 bits per heavy atom. The van der Waals surface area contributed by atoms with Crippen LogP contribution in [0, 0.1) is 6.92 Å². The Hall–Kier alpha value is -2.47. The van der Waals surface area contributed by atoms with Crippen LogP contribution in [0.1, 0.15) is 11.1 Å². The van der Waals surface area contributed by atoms with E-state index < -0.39 is 12.0 Å². The summed E-state index contributed by atoms with van der Waals surface area (Å²) in [6.45, 7) is 2.01. The Balaban J connectivity index is 1.81. The van der Waals surface area contributed by atoms with Crippen molar-refractivity contribution in [2.75, 3.05) is 5.32 Å². The van der Waals surface area contributed by atoms with Gasteiger partial charge in [-0.25, -0.2) is 9.78 Å². The molecule has 0 aliphatic heterocycles. The van der Waals surface area contributed by atoms with Crippen LogP contribution >= 0.6 is 11.3 Å². The van der Waals surface area contributed by atoms with Gasteiger partial charge >= 0.3 is 5.97 Å². The summed E-state index contributed by atoms with van der Waals surface area (Å²) in [5.74, 6) is -0.896. The number of aromatic nitrogens is 2. The number of aryl methyl sites for hydroxylation is 1. The number of benzene rings is 1. The quantitative estimate of drug-likeness (QED) is 0.757. The maximum atomic E-state index is 11.5. The molecule has 5 nitrogen and oxygen atoms in total. The number of fused-ring (bicyclic) bond motifs is 1. The zero-order chi connectivity index (χ0) is 15.5. The molecule has 1 unspecified atom stereocenters. The number of anilines is 1. The van der Waals surface area contributed by atoms with Crippen LogP contribution in [0.15, 0.2) is 42.7 Å². The lowest BCUT2D eigenvalue weighted by Gasteiger charge is -2.13. The summed E-state index contributed by atoms with van der Waals surface area (Å²) in [5.41, 5.74) is 2.95. The Kier molecular flexibility index (Phi) is 4.02. The highest BCUT2D eigenvalue weighted by Gasteiger charge is 2.19. The topological polar surface area (TPSA) is 75.1 Å². The minimum Gasteiger partial charge on any atom is -0.480 e. The Morgan fingerprint density at radius 3 is 2.82 bits per heavy atom. The van der Waals surface area contributed by atoms with E-state index >= 15 is 0 Å². The smallest absolute Gasteiger partial charge is 0.326 e. The average molecular weight is 313 g/mol. The Labute approximate surface area is 131 Å². The molecule has 0 spiro atoms. The lowest BCUT2D eigenvalue weighted by molar-refractivity contribution is -0.137. The van der Waals surface area contributed by atoms with Gasteiger partial charge in [-0.15, -0.1) is 0 Å². The van der Waals surface area contributed by atoms with Crippen LogP contribution < -0.4 is 5.32 Å². The fourth-order valence-corrected chi connectivity index (χ4v) is 3.10. The number of thiazole rings is 1. The standard InChI is InChI=1S/C16H15N3O2S/c1-10-2-3-14-12(8-10)18-16(22-14)19-13(15(20)21)9-11-4-6-17-7-5-11/h2-8,13H,9H2,1H3,(H,18,19)(H,20,21). The Morgan fingerprint density at radius 2 is 2.09 bits per heavy atom. The van der Waals surface area contributed by atoms with Crippen LogP contribution in [0.3, 0.4) is 0 Å². The monoisotopic (exact) mass is 313 g/mol. The lowest BCUT2D eigenvalue weighted by Crippen LogP contribution is -2.31. The normalized spacial score (nSPS) is 12.2. The highest BCUT2D eigenvalue weighted by Crippen LogP contribution is 2.27. The van der Waals surface area contributed by atoms with E-state index in [-0.39, 0.29) is 0 Å². The van der Waals surface area contributed by atoms with Gasteiger partial charge in [-0.05, 0) is 42.3 Å².